The number of hydrogen-bond donors (Lipinski definition) is 0. The molecule has 0 saturated heterocycles. The third kappa shape index (κ3) is 5.08. The second-order valence-corrected chi connectivity index (χ2v) is 10.9. The second kappa shape index (κ2) is 11.2. The van der Waals surface area contributed by atoms with Crippen LogP contribution in [0.25, 0.3) is 6.08 Å². The van der Waals surface area contributed by atoms with Crippen LogP contribution in [-0.4, -0.2) is 42.5 Å². The monoisotopic (exact) mass is 574 g/mol. The molecule has 3 aromatic rings. The van der Waals surface area contributed by atoms with Crippen molar-refractivity contribution in [1.82, 2.24) is 4.57 Å². The largest absolute Gasteiger partial charge is 0.497 e. The highest BCUT2D eigenvalue weighted by Gasteiger charge is 2.37. The van der Waals surface area contributed by atoms with Gasteiger partial charge in [-0.2, -0.15) is 10.1 Å². The topological polar surface area (TPSA) is 112 Å². The first kappa shape index (κ1) is 28.0. The molecule has 5 rings (SSSR count). The van der Waals surface area contributed by atoms with Crippen molar-refractivity contribution in [2.45, 2.75) is 39.8 Å². The van der Waals surface area contributed by atoms with E-state index in [1.165, 1.54) is 23.8 Å². The van der Waals surface area contributed by atoms with Gasteiger partial charge in [-0.15, -0.1) is 0 Å². The number of aromatic nitrogens is 1. The Morgan fingerprint density at radius 3 is 2.44 bits per heavy atom. The molecule has 2 aromatic carbocycles. The fourth-order valence-corrected chi connectivity index (χ4v) is 5.95. The van der Waals surface area contributed by atoms with Crippen LogP contribution in [-0.2, 0) is 14.3 Å². The third-order valence-corrected chi connectivity index (χ3v) is 7.82. The summed E-state index contributed by atoms with van der Waals surface area (Å²) in [4.78, 5) is 45.9. The maximum Gasteiger partial charge on any atom is 0.338 e. The normalized spacial score (nSPS) is 18.8. The smallest absolute Gasteiger partial charge is 0.338 e. The van der Waals surface area contributed by atoms with E-state index in [4.69, 9.17) is 14.2 Å². The van der Waals surface area contributed by atoms with E-state index in [1.54, 1.807) is 64.1 Å². The van der Waals surface area contributed by atoms with Crippen molar-refractivity contribution in [2.24, 2.45) is 16.0 Å². The van der Waals surface area contributed by atoms with Crippen molar-refractivity contribution in [2.75, 3.05) is 19.2 Å². The van der Waals surface area contributed by atoms with Gasteiger partial charge >= 0.3 is 5.97 Å². The van der Waals surface area contributed by atoms with Crippen molar-refractivity contribution in [3.63, 3.8) is 0 Å². The lowest BCUT2D eigenvalue weighted by atomic mass is 9.94. The number of fused-ring (bicyclic) bond motifs is 1. The fourth-order valence-electron chi connectivity index (χ4n) is 4.90. The standard InChI is InChI=1S/C30H30N4O6S/c1-16(2)40-29(37)25-18(4)31-30-33(26(25)22-14-20(38-5)12-13-23(22)39-6)28(36)24(41-30)15-21-17(3)32-34(27(21)35)19-10-8-7-9-11-19/h7-16,21,26H,1-6H3/b24-15-/t21-,26-/m0/s1. The summed E-state index contributed by atoms with van der Waals surface area (Å²) in [5.41, 5.74) is 1.98. The Hall–Kier alpha value is -4.51. The molecule has 0 unspecified atom stereocenters. The molecule has 0 N–H and O–H groups in total. The molecule has 10 nitrogen and oxygen atoms in total. The molecule has 2 aliphatic rings. The molecule has 3 heterocycles. The third-order valence-electron chi connectivity index (χ3n) is 6.82. The van der Waals surface area contributed by atoms with Gasteiger partial charge < -0.3 is 14.2 Å². The van der Waals surface area contributed by atoms with Crippen LogP contribution in [0.5, 0.6) is 11.5 Å². The number of nitrogens with zero attached hydrogens (tertiary/aromatic N) is 4. The average Bonchev–Trinajstić information content (AvgIpc) is 3.42. The minimum atomic E-state index is -0.903. The minimum Gasteiger partial charge on any atom is -0.497 e. The number of thiazole rings is 1. The molecule has 1 amide bonds. The summed E-state index contributed by atoms with van der Waals surface area (Å²) in [6.07, 6.45) is 1.24. The summed E-state index contributed by atoms with van der Waals surface area (Å²) < 4.78 is 18.4. The Labute approximate surface area is 240 Å². The Balaban J connectivity index is 1.68. The van der Waals surface area contributed by atoms with Gasteiger partial charge in [-0.25, -0.2) is 9.79 Å². The van der Waals surface area contributed by atoms with Gasteiger partial charge in [0, 0.05) is 5.56 Å². The van der Waals surface area contributed by atoms with E-state index < -0.39 is 23.5 Å². The van der Waals surface area contributed by atoms with E-state index in [-0.39, 0.29) is 17.6 Å². The van der Waals surface area contributed by atoms with Crippen molar-refractivity contribution >= 4 is 40.7 Å². The molecule has 2 aliphatic heterocycles. The number of benzene rings is 2. The van der Waals surface area contributed by atoms with Gasteiger partial charge in [0.15, 0.2) is 4.80 Å². The van der Waals surface area contributed by atoms with E-state index in [1.807, 2.05) is 18.2 Å². The number of esters is 1. The molecule has 11 heteroatoms. The van der Waals surface area contributed by atoms with Gasteiger partial charge in [-0.1, -0.05) is 29.5 Å². The lowest BCUT2D eigenvalue weighted by Crippen LogP contribution is -2.40. The predicted molar refractivity (Wildman–Crippen MR) is 156 cm³/mol. The van der Waals surface area contributed by atoms with E-state index in [2.05, 4.69) is 10.1 Å². The molecule has 0 fully saturated rings. The number of hydrazone groups is 1. The number of carbonyl (C=O) groups is 2. The summed E-state index contributed by atoms with van der Waals surface area (Å²) in [5.74, 6) is -0.588. The van der Waals surface area contributed by atoms with Crippen LogP contribution in [0.15, 0.2) is 74.7 Å². The second-order valence-electron chi connectivity index (χ2n) is 9.87. The number of allylic oxidation sites excluding steroid dienone is 1. The van der Waals surface area contributed by atoms with E-state index in [9.17, 15) is 14.4 Å². The van der Waals surface area contributed by atoms with Crippen LogP contribution < -0.4 is 29.4 Å². The first-order chi connectivity index (χ1) is 19.6. The molecule has 1 aromatic heterocycles. The minimum absolute atomic E-state index is 0.217. The summed E-state index contributed by atoms with van der Waals surface area (Å²) in [7, 11) is 3.05. The molecule has 0 bridgehead atoms. The van der Waals surface area contributed by atoms with Crippen LogP contribution in [0.1, 0.15) is 39.3 Å². The molecular weight excluding hydrogens is 544 g/mol. The maximum atomic E-state index is 14.1. The molecule has 212 valence electrons. The highest BCUT2D eigenvalue weighted by molar-refractivity contribution is 7.07. The summed E-state index contributed by atoms with van der Waals surface area (Å²) in [6.45, 7) is 6.98. The number of anilines is 1. The van der Waals surface area contributed by atoms with Gasteiger partial charge in [0.2, 0.25) is 0 Å². The van der Waals surface area contributed by atoms with Crippen molar-refractivity contribution in [3.8, 4) is 11.5 Å². The van der Waals surface area contributed by atoms with Gasteiger partial charge in [0.1, 0.15) is 23.5 Å². The molecule has 41 heavy (non-hydrogen) atoms. The SMILES string of the molecule is COc1ccc(OC)c([C@H]2C(C(=O)OC(C)C)=C(C)N=c3s/c(=C\[C@@H]4C(=O)N(c5ccccc5)N=C4C)c(=O)n32)c1. The Morgan fingerprint density at radius 1 is 1.05 bits per heavy atom. The van der Waals surface area contributed by atoms with Gasteiger partial charge in [0.05, 0.1) is 47.5 Å². The Morgan fingerprint density at radius 2 is 1.78 bits per heavy atom. The fraction of sp³-hybridized carbons (Fsp3) is 0.300. The van der Waals surface area contributed by atoms with E-state index in [0.717, 1.165) is 11.3 Å². The van der Waals surface area contributed by atoms with Crippen molar-refractivity contribution in [3.05, 3.63) is 85.1 Å². The van der Waals surface area contributed by atoms with E-state index in [0.29, 0.717) is 43.5 Å². The maximum absolute atomic E-state index is 14.1. The highest BCUT2D eigenvalue weighted by Crippen LogP contribution is 2.38. The van der Waals surface area contributed by atoms with Crippen LogP contribution >= 0.6 is 11.3 Å². The van der Waals surface area contributed by atoms with Crippen LogP contribution in [0.3, 0.4) is 0 Å². The summed E-state index contributed by atoms with van der Waals surface area (Å²) >= 11 is 1.15. The molecule has 0 spiro atoms. The average molecular weight is 575 g/mol. The molecule has 2 atom stereocenters. The van der Waals surface area contributed by atoms with E-state index >= 15 is 0 Å². The number of amides is 1. The number of para-hydroxylation sites is 1. The lowest BCUT2D eigenvalue weighted by molar-refractivity contribution is -0.143. The number of methoxy groups -OCH3 is 2. The number of ether oxygens (including phenoxy) is 3. The molecule has 0 saturated carbocycles. The number of carbonyl (C=O) groups excluding carboxylic acids is 2. The molecular formula is C30H30N4O6S. The zero-order valence-electron chi connectivity index (χ0n) is 23.6. The zero-order chi connectivity index (χ0) is 29.4. The predicted octanol–water partition coefficient (Wildman–Crippen LogP) is 3.19. The van der Waals surface area contributed by atoms with Crippen molar-refractivity contribution < 1.29 is 23.8 Å². The zero-order valence-corrected chi connectivity index (χ0v) is 24.4. The number of hydrogen-bond acceptors (Lipinski definition) is 9. The Bertz CT molecular complexity index is 1770. The van der Waals surface area contributed by atoms with Crippen LogP contribution in [0, 0.1) is 5.92 Å². The van der Waals surface area contributed by atoms with Crippen LogP contribution in [0.4, 0.5) is 5.69 Å². The Kier molecular flexibility index (Phi) is 7.63. The number of rotatable bonds is 7. The summed E-state index contributed by atoms with van der Waals surface area (Å²) in [5, 5.41) is 5.80. The quantitative estimate of drug-likeness (QED) is 0.401. The van der Waals surface area contributed by atoms with Gasteiger partial charge in [-0.05, 0) is 64.1 Å². The molecule has 0 radical (unpaired) electrons. The molecule has 0 aliphatic carbocycles. The van der Waals surface area contributed by atoms with Crippen molar-refractivity contribution in [1.29, 1.82) is 0 Å². The highest BCUT2D eigenvalue weighted by atomic mass is 32.1. The first-order valence-corrected chi connectivity index (χ1v) is 13.9. The van der Waals surface area contributed by atoms with Gasteiger partial charge in [-0.3, -0.25) is 14.2 Å². The first-order valence-electron chi connectivity index (χ1n) is 13.0. The van der Waals surface area contributed by atoms with Gasteiger partial charge in [0.25, 0.3) is 11.5 Å². The summed E-state index contributed by atoms with van der Waals surface area (Å²) in [6, 6.07) is 13.4. The van der Waals surface area contributed by atoms with Crippen LogP contribution in [0.2, 0.25) is 0 Å². The lowest BCUT2D eigenvalue weighted by Gasteiger charge is -2.26.